The van der Waals surface area contributed by atoms with E-state index in [-0.39, 0.29) is 11.5 Å². The number of hydrogen-bond donors (Lipinski definition) is 0. The largest absolute Gasteiger partial charge is 0.338 e. The summed E-state index contributed by atoms with van der Waals surface area (Å²) in [7, 11) is 0. The standard InChI is InChI=1S/C14H17BrFNO/c1-10-2-3-12(13(16)8-10)14(18)17-7-5-11(9-17)4-6-15/h2-3,8,11H,4-7,9H2,1H3. The molecule has 1 unspecified atom stereocenters. The fourth-order valence-corrected chi connectivity index (χ4v) is 3.02. The normalized spacial score (nSPS) is 19.3. The topological polar surface area (TPSA) is 20.3 Å². The van der Waals surface area contributed by atoms with Gasteiger partial charge in [-0.1, -0.05) is 22.0 Å². The van der Waals surface area contributed by atoms with Crippen LogP contribution in [0.1, 0.15) is 28.8 Å². The number of amides is 1. The van der Waals surface area contributed by atoms with Crippen molar-refractivity contribution in [2.75, 3.05) is 18.4 Å². The number of halogens is 2. The van der Waals surface area contributed by atoms with Crippen molar-refractivity contribution in [3.05, 3.63) is 35.1 Å². The summed E-state index contributed by atoms with van der Waals surface area (Å²) in [4.78, 5) is 14.0. The molecule has 0 bridgehead atoms. The average Bonchev–Trinajstić information content (AvgIpc) is 2.77. The molecular weight excluding hydrogens is 297 g/mol. The number of carbonyl (C=O) groups excluding carboxylic acids is 1. The molecule has 18 heavy (non-hydrogen) atoms. The van der Waals surface area contributed by atoms with Gasteiger partial charge in [-0.2, -0.15) is 0 Å². The molecule has 2 nitrogen and oxygen atoms in total. The van der Waals surface area contributed by atoms with Crippen molar-refractivity contribution < 1.29 is 9.18 Å². The molecule has 1 aromatic rings. The molecule has 4 heteroatoms. The molecule has 0 saturated carbocycles. The number of aryl methyl sites for hydroxylation is 1. The van der Waals surface area contributed by atoms with Crippen molar-refractivity contribution >= 4 is 21.8 Å². The van der Waals surface area contributed by atoms with E-state index in [0.29, 0.717) is 5.92 Å². The monoisotopic (exact) mass is 313 g/mol. The zero-order valence-electron chi connectivity index (χ0n) is 10.5. The lowest BCUT2D eigenvalue weighted by Crippen LogP contribution is -2.29. The maximum absolute atomic E-state index is 13.7. The predicted molar refractivity (Wildman–Crippen MR) is 73.6 cm³/mol. The fraction of sp³-hybridized carbons (Fsp3) is 0.500. The molecular formula is C14H17BrFNO. The van der Waals surface area contributed by atoms with Gasteiger partial charge in [0.1, 0.15) is 5.82 Å². The Morgan fingerprint density at radius 3 is 3.00 bits per heavy atom. The first kappa shape index (κ1) is 13.5. The second kappa shape index (κ2) is 5.83. The van der Waals surface area contributed by atoms with E-state index in [9.17, 15) is 9.18 Å². The van der Waals surface area contributed by atoms with Crippen LogP contribution in [-0.2, 0) is 0 Å². The number of alkyl halides is 1. The van der Waals surface area contributed by atoms with E-state index in [4.69, 9.17) is 0 Å². The first-order valence-corrected chi connectivity index (χ1v) is 7.35. The van der Waals surface area contributed by atoms with Crippen LogP contribution < -0.4 is 0 Å². The van der Waals surface area contributed by atoms with Crippen LogP contribution in [0, 0.1) is 18.7 Å². The minimum absolute atomic E-state index is 0.176. The molecule has 1 fully saturated rings. The Morgan fingerprint density at radius 1 is 1.56 bits per heavy atom. The number of hydrogen-bond acceptors (Lipinski definition) is 1. The molecule has 0 aromatic heterocycles. The van der Waals surface area contributed by atoms with Gasteiger partial charge in [0.25, 0.3) is 5.91 Å². The van der Waals surface area contributed by atoms with Crippen LogP contribution in [0.5, 0.6) is 0 Å². The van der Waals surface area contributed by atoms with Crippen LogP contribution in [0.25, 0.3) is 0 Å². The van der Waals surface area contributed by atoms with E-state index in [1.807, 2.05) is 6.92 Å². The second-order valence-electron chi connectivity index (χ2n) is 4.87. The van der Waals surface area contributed by atoms with Crippen LogP contribution in [0.2, 0.25) is 0 Å². The molecule has 1 aromatic carbocycles. The Balaban J connectivity index is 2.08. The summed E-state index contributed by atoms with van der Waals surface area (Å²) in [5, 5.41) is 0.957. The molecule has 0 radical (unpaired) electrons. The molecule has 0 spiro atoms. The molecule has 1 atom stereocenters. The molecule has 1 aliphatic heterocycles. The van der Waals surface area contributed by atoms with E-state index in [1.54, 1.807) is 17.0 Å². The zero-order chi connectivity index (χ0) is 13.1. The Kier molecular flexibility index (Phi) is 4.38. The highest BCUT2D eigenvalue weighted by Crippen LogP contribution is 2.23. The van der Waals surface area contributed by atoms with Gasteiger partial charge in [-0.05, 0) is 43.4 Å². The minimum atomic E-state index is -0.413. The third-order valence-corrected chi connectivity index (χ3v) is 3.90. The van der Waals surface area contributed by atoms with Gasteiger partial charge in [0.2, 0.25) is 0 Å². The highest BCUT2D eigenvalue weighted by molar-refractivity contribution is 9.09. The summed E-state index contributed by atoms with van der Waals surface area (Å²) in [6.45, 7) is 3.31. The van der Waals surface area contributed by atoms with Gasteiger partial charge in [-0.15, -0.1) is 0 Å². The van der Waals surface area contributed by atoms with E-state index >= 15 is 0 Å². The number of benzene rings is 1. The van der Waals surface area contributed by atoms with Crippen LogP contribution in [0.4, 0.5) is 4.39 Å². The third-order valence-electron chi connectivity index (χ3n) is 3.45. The summed E-state index contributed by atoms with van der Waals surface area (Å²) in [6.07, 6.45) is 2.09. The number of rotatable bonds is 3. The van der Waals surface area contributed by atoms with Crippen LogP contribution in [0.15, 0.2) is 18.2 Å². The van der Waals surface area contributed by atoms with E-state index in [1.165, 1.54) is 6.07 Å². The first-order valence-electron chi connectivity index (χ1n) is 6.23. The molecule has 0 aliphatic carbocycles. The lowest BCUT2D eigenvalue weighted by atomic mass is 10.1. The number of carbonyl (C=O) groups is 1. The molecule has 2 rings (SSSR count). The molecule has 1 saturated heterocycles. The number of likely N-dealkylation sites (tertiary alicyclic amines) is 1. The van der Waals surface area contributed by atoms with Crippen LogP contribution >= 0.6 is 15.9 Å². The van der Waals surface area contributed by atoms with Crippen LogP contribution in [-0.4, -0.2) is 29.2 Å². The first-order chi connectivity index (χ1) is 8.61. The summed E-state index contributed by atoms with van der Waals surface area (Å²) in [5.74, 6) is -0.0460. The van der Waals surface area contributed by atoms with Gasteiger partial charge in [0.15, 0.2) is 0 Å². The zero-order valence-corrected chi connectivity index (χ0v) is 12.0. The van der Waals surface area contributed by atoms with E-state index in [2.05, 4.69) is 15.9 Å². The Morgan fingerprint density at radius 2 is 2.33 bits per heavy atom. The van der Waals surface area contributed by atoms with Gasteiger partial charge >= 0.3 is 0 Å². The second-order valence-corrected chi connectivity index (χ2v) is 5.66. The van der Waals surface area contributed by atoms with Crippen molar-refractivity contribution in [3.8, 4) is 0 Å². The molecule has 1 aliphatic rings. The van der Waals surface area contributed by atoms with Crippen molar-refractivity contribution in [2.24, 2.45) is 5.92 Å². The van der Waals surface area contributed by atoms with Crippen molar-refractivity contribution in [2.45, 2.75) is 19.8 Å². The quantitative estimate of drug-likeness (QED) is 0.783. The van der Waals surface area contributed by atoms with Gasteiger partial charge in [0.05, 0.1) is 5.56 Å². The van der Waals surface area contributed by atoms with Gasteiger partial charge in [0, 0.05) is 18.4 Å². The Labute approximate surface area is 115 Å². The van der Waals surface area contributed by atoms with Crippen molar-refractivity contribution in [3.63, 3.8) is 0 Å². The van der Waals surface area contributed by atoms with Gasteiger partial charge in [-0.3, -0.25) is 4.79 Å². The Hall–Kier alpha value is -0.900. The summed E-state index contributed by atoms with van der Waals surface area (Å²) in [5.41, 5.74) is 1.03. The lowest BCUT2D eigenvalue weighted by Gasteiger charge is -2.17. The van der Waals surface area contributed by atoms with Gasteiger partial charge in [-0.25, -0.2) is 4.39 Å². The Bertz CT molecular complexity index is 449. The van der Waals surface area contributed by atoms with E-state index in [0.717, 1.165) is 36.8 Å². The maximum Gasteiger partial charge on any atom is 0.256 e. The van der Waals surface area contributed by atoms with Crippen molar-refractivity contribution in [1.82, 2.24) is 4.90 Å². The van der Waals surface area contributed by atoms with E-state index < -0.39 is 5.82 Å². The number of nitrogens with zero attached hydrogens (tertiary/aromatic N) is 1. The van der Waals surface area contributed by atoms with Crippen molar-refractivity contribution in [1.29, 1.82) is 0 Å². The minimum Gasteiger partial charge on any atom is -0.338 e. The fourth-order valence-electron chi connectivity index (χ4n) is 2.37. The smallest absolute Gasteiger partial charge is 0.256 e. The predicted octanol–water partition coefficient (Wildman–Crippen LogP) is 3.38. The molecule has 0 N–H and O–H groups in total. The maximum atomic E-state index is 13.7. The molecule has 98 valence electrons. The highest BCUT2D eigenvalue weighted by atomic mass is 79.9. The lowest BCUT2D eigenvalue weighted by molar-refractivity contribution is 0.0782. The van der Waals surface area contributed by atoms with Gasteiger partial charge < -0.3 is 4.90 Å². The average molecular weight is 314 g/mol. The summed E-state index contributed by atoms with van der Waals surface area (Å²) in [6, 6.07) is 4.78. The molecule has 1 heterocycles. The summed E-state index contributed by atoms with van der Waals surface area (Å²) >= 11 is 3.42. The molecule has 1 amide bonds. The van der Waals surface area contributed by atoms with Crippen LogP contribution in [0.3, 0.4) is 0 Å². The third kappa shape index (κ3) is 2.91. The SMILES string of the molecule is Cc1ccc(C(=O)N2CCC(CCBr)C2)c(F)c1. The summed E-state index contributed by atoms with van der Waals surface area (Å²) < 4.78 is 13.7. The highest BCUT2D eigenvalue weighted by Gasteiger charge is 2.27.